The zero-order valence-electron chi connectivity index (χ0n) is 10.1. The van der Waals surface area contributed by atoms with Gasteiger partial charge in [-0.25, -0.2) is 0 Å². The summed E-state index contributed by atoms with van der Waals surface area (Å²) in [4.78, 5) is 25.2. The molecule has 96 valence electrons. The Morgan fingerprint density at radius 3 is 3.06 bits per heavy atom. The minimum Gasteiger partial charge on any atom is -0.377 e. The Morgan fingerprint density at radius 2 is 2.41 bits per heavy atom. The number of piperazine rings is 1. The molecule has 0 spiro atoms. The van der Waals surface area contributed by atoms with Crippen LogP contribution in [0.5, 0.6) is 0 Å². The Hall–Kier alpha value is -1.14. The number of rotatable bonds is 2. The van der Waals surface area contributed by atoms with Gasteiger partial charge in [0.05, 0.1) is 25.8 Å². The fourth-order valence-corrected chi connectivity index (χ4v) is 2.22. The molecule has 2 atom stereocenters. The number of carbonyl (C=O) groups excluding carboxylic acids is 2. The molecule has 2 unspecified atom stereocenters. The van der Waals surface area contributed by atoms with Crippen molar-refractivity contribution >= 4 is 11.8 Å². The summed E-state index contributed by atoms with van der Waals surface area (Å²) in [6, 6.07) is -0.129. The Balaban J connectivity index is 1.95. The first-order valence-corrected chi connectivity index (χ1v) is 6.10. The summed E-state index contributed by atoms with van der Waals surface area (Å²) in [5.74, 6) is 0.0169. The molecule has 2 heterocycles. The topological polar surface area (TPSA) is 70.7 Å². The van der Waals surface area contributed by atoms with E-state index in [1.54, 1.807) is 0 Å². The minimum absolute atomic E-state index is 0.0527. The van der Waals surface area contributed by atoms with Gasteiger partial charge in [-0.3, -0.25) is 14.9 Å². The van der Waals surface area contributed by atoms with E-state index in [0.717, 1.165) is 6.42 Å². The molecule has 17 heavy (non-hydrogen) atoms. The van der Waals surface area contributed by atoms with E-state index in [4.69, 9.17) is 4.74 Å². The van der Waals surface area contributed by atoms with Crippen LogP contribution < -0.4 is 10.6 Å². The maximum atomic E-state index is 12.3. The number of hydrogen-bond acceptors (Lipinski definition) is 4. The second kappa shape index (κ2) is 5.46. The molecule has 0 bridgehead atoms. The van der Waals surface area contributed by atoms with Gasteiger partial charge in [0.25, 0.3) is 0 Å². The number of amides is 2. The van der Waals surface area contributed by atoms with Crippen LogP contribution in [0.25, 0.3) is 0 Å². The fraction of sp³-hybridized carbons (Fsp3) is 0.818. The predicted octanol–water partition coefficient (Wildman–Crippen LogP) is -1.29. The van der Waals surface area contributed by atoms with Crippen molar-refractivity contribution in [3.05, 3.63) is 0 Å². The molecule has 6 heteroatoms. The number of ether oxygens (including phenoxy) is 1. The molecule has 0 radical (unpaired) electrons. The predicted molar refractivity (Wildman–Crippen MR) is 61.4 cm³/mol. The van der Waals surface area contributed by atoms with E-state index in [9.17, 15) is 9.59 Å². The van der Waals surface area contributed by atoms with Crippen LogP contribution in [0.1, 0.15) is 13.3 Å². The normalized spacial score (nSPS) is 29.9. The molecule has 2 saturated heterocycles. The summed E-state index contributed by atoms with van der Waals surface area (Å²) in [6.07, 6.45) is 0.894. The molecular formula is C11H19N3O3. The first-order chi connectivity index (χ1) is 8.22. The third kappa shape index (κ3) is 2.76. The van der Waals surface area contributed by atoms with Gasteiger partial charge in [-0.2, -0.15) is 0 Å². The van der Waals surface area contributed by atoms with Crippen molar-refractivity contribution in [2.24, 2.45) is 0 Å². The van der Waals surface area contributed by atoms with Crippen LogP contribution in [-0.2, 0) is 14.3 Å². The van der Waals surface area contributed by atoms with Gasteiger partial charge in [-0.05, 0) is 6.42 Å². The first kappa shape index (κ1) is 12.3. The SMILES string of the molecule is CCC1COCCN1C(=O)C1CNC(=O)CN1. The zero-order valence-corrected chi connectivity index (χ0v) is 10.1. The van der Waals surface area contributed by atoms with Crippen molar-refractivity contribution in [3.8, 4) is 0 Å². The monoisotopic (exact) mass is 241 g/mol. The molecule has 2 rings (SSSR count). The molecule has 0 aliphatic carbocycles. The highest BCUT2D eigenvalue weighted by Gasteiger charge is 2.32. The molecular weight excluding hydrogens is 222 g/mol. The molecule has 0 saturated carbocycles. The van der Waals surface area contributed by atoms with E-state index in [2.05, 4.69) is 17.6 Å². The summed E-state index contributed by atoms with van der Waals surface area (Å²) < 4.78 is 5.37. The standard InChI is InChI=1S/C11H19N3O3/c1-2-8-7-17-4-3-14(8)11(16)9-5-13-10(15)6-12-9/h8-9,12H,2-7H2,1H3,(H,13,15). The smallest absolute Gasteiger partial charge is 0.241 e. The number of hydrogen-bond donors (Lipinski definition) is 2. The average molecular weight is 241 g/mol. The maximum Gasteiger partial charge on any atom is 0.241 e. The average Bonchev–Trinajstić information content (AvgIpc) is 2.39. The second-order valence-electron chi connectivity index (χ2n) is 4.41. The summed E-state index contributed by atoms with van der Waals surface area (Å²) in [5.41, 5.74) is 0. The largest absolute Gasteiger partial charge is 0.377 e. The lowest BCUT2D eigenvalue weighted by molar-refractivity contribution is -0.143. The molecule has 2 aliphatic rings. The molecule has 0 aromatic heterocycles. The van der Waals surface area contributed by atoms with Crippen LogP contribution >= 0.6 is 0 Å². The molecule has 0 aromatic carbocycles. The van der Waals surface area contributed by atoms with Crippen molar-refractivity contribution in [1.82, 2.24) is 15.5 Å². The van der Waals surface area contributed by atoms with Gasteiger partial charge in [-0.15, -0.1) is 0 Å². The van der Waals surface area contributed by atoms with Crippen molar-refractivity contribution in [2.75, 3.05) is 32.8 Å². The Labute approximate surface area is 101 Å². The van der Waals surface area contributed by atoms with Gasteiger partial charge in [0.1, 0.15) is 6.04 Å². The summed E-state index contributed by atoms with van der Waals surface area (Å²) in [6.45, 7) is 4.50. The van der Waals surface area contributed by atoms with E-state index >= 15 is 0 Å². The van der Waals surface area contributed by atoms with Gasteiger partial charge in [0.15, 0.2) is 0 Å². The van der Waals surface area contributed by atoms with E-state index in [1.807, 2.05) is 4.90 Å². The Morgan fingerprint density at radius 1 is 1.59 bits per heavy atom. The van der Waals surface area contributed by atoms with E-state index in [0.29, 0.717) is 26.3 Å². The van der Waals surface area contributed by atoms with E-state index < -0.39 is 0 Å². The number of carbonyl (C=O) groups is 2. The van der Waals surface area contributed by atoms with Gasteiger partial charge in [0.2, 0.25) is 11.8 Å². The quantitative estimate of drug-likeness (QED) is 0.631. The minimum atomic E-state index is -0.292. The lowest BCUT2D eigenvalue weighted by atomic mass is 10.1. The van der Waals surface area contributed by atoms with Crippen LogP contribution in [0.3, 0.4) is 0 Å². The summed E-state index contributed by atoms with van der Waals surface area (Å²) >= 11 is 0. The van der Waals surface area contributed by atoms with Crippen molar-refractivity contribution in [2.45, 2.75) is 25.4 Å². The van der Waals surface area contributed by atoms with Crippen LogP contribution in [0, 0.1) is 0 Å². The van der Waals surface area contributed by atoms with Gasteiger partial charge in [-0.1, -0.05) is 6.92 Å². The second-order valence-corrected chi connectivity index (χ2v) is 4.41. The van der Waals surface area contributed by atoms with Crippen molar-refractivity contribution < 1.29 is 14.3 Å². The zero-order chi connectivity index (χ0) is 12.3. The van der Waals surface area contributed by atoms with Crippen LogP contribution in [-0.4, -0.2) is 61.6 Å². The van der Waals surface area contributed by atoms with Crippen LogP contribution in [0.15, 0.2) is 0 Å². The lowest BCUT2D eigenvalue weighted by Crippen LogP contribution is -2.61. The molecule has 6 nitrogen and oxygen atoms in total. The highest BCUT2D eigenvalue weighted by molar-refractivity contribution is 5.87. The highest BCUT2D eigenvalue weighted by Crippen LogP contribution is 2.12. The van der Waals surface area contributed by atoms with Crippen molar-refractivity contribution in [3.63, 3.8) is 0 Å². The van der Waals surface area contributed by atoms with Gasteiger partial charge < -0.3 is 15.0 Å². The highest BCUT2D eigenvalue weighted by atomic mass is 16.5. The third-order valence-corrected chi connectivity index (χ3v) is 3.29. The van der Waals surface area contributed by atoms with Gasteiger partial charge in [0, 0.05) is 13.1 Å². The molecule has 2 fully saturated rings. The van der Waals surface area contributed by atoms with Gasteiger partial charge >= 0.3 is 0 Å². The first-order valence-electron chi connectivity index (χ1n) is 6.10. The van der Waals surface area contributed by atoms with E-state index in [1.165, 1.54) is 0 Å². The summed E-state index contributed by atoms with van der Waals surface area (Å²) in [5, 5.41) is 5.67. The third-order valence-electron chi connectivity index (χ3n) is 3.29. The molecule has 2 amide bonds. The van der Waals surface area contributed by atoms with Crippen LogP contribution in [0.2, 0.25) is 0 Å². The molecule has 0 aromatic rings. The Kier molecular flexibility index (Phi) is 3.96. The van der Waals surface area contributed by atoms with Crippen molar-refractivity contribution in [1.29, 1.82) is 0 Å². The molecule has 2 aliphatic heterocycles. The Bertz CT molecular complexity index is 298. The van der Waals surface area contributed by atoms with Crippen LogP contribution in [0.4, 0.5) is 0 Å². The number of nitrogens with zero attached hydrogens (tertiary/aromatic N) is 1. The van der Waals surface area contributed by atoms with E-state index in [-0.39, 0.29) is 30.4 Å². The summed E-state index contributed by atoms with van der Waals surface area (Å²) in [7, 11) is 0. The number of morpholine rings is 1. The number of nitrogens with one attached hydrogen (secondary N) is 2. The lowest BCUT2D eigenvalue weighted by Gasteiger charge is -2.38. The molecule has 2 N–H and O–H groups in total. The maximum absolute atomic E-state index is 12.3. The fourth-order valence-electron chi connectivity index (χ4n) is 2.22.